The molecule has 1 rings (SSSR count). The highest BCUT2D eigenvalue weighted by molar-refractivity contribution is 9.10. The predicted octanol–water partition coefficient (Wildman–Crippen LogP) is 1.93. The molecule has 0 bridgehead atoms. The lowest BCUT2D eigenvalue weighted by Gasteiger charge is -2.09. The quantitative estimate of drug-likeness (QED) is 0.789. The van der Waals surface area contributed by atoms with Gasteiger partial charge in [-0.1, -0.05) is 15.9 Å². The van der Waals surface area contributed by atoms with E-state index < -0.39 is 0 Å². The molecule has 0 saturated heterocycles. The van der Waals surface area contributed by atoms with Gasteiger partial charge in [0.1, 0.15) is 5.75 Å². The zero-order chi connectivity index (χ0) is 12.7. The van der Waals surface area contributed by atoms with E-state index in [0.717, 1.165) is 17.3 Å². The third-order valence-electron chi connectivity index (χ3n) is 2.32. The van der Waals surface area contributed by atoms with Gasteiger partial charge >= 0.3 is 0 Å². The number of rotatable bonds is 6. The van der Waals surface area contributed by atoms with Gasteiger partial charge in [-0.3, -0.25) is 4.79 Å². The minimum Gasteiger partial charge on any atom is -0.496 e. The van der Waals surface area contributed by atoms with Gasteiger partial charge < -0.3 is 15.8 Å². The molecule has 0 radical (unpaired) electrons. The highest BCUT2D eigenvalue weighted by Gasteiger charge is 2.11. The molecule has 0 saturated carbocycles. The fourth-order valence-electron chi connectivity index (χ4n) is 1.42. The number of methoxy groups -OCH3 is 1. The number of nitrogens with two attached hydrogens (primary N) is 1. The van der Waals surface area contributed by atoms with Crippen LogP contribution in [0.2, 0.25) is 0 Å². The second kappa shape index (κ2) is 7.29. The maximum absolute atomic E-state index is 11.9. The van der Waals surface area contributed by atoms with E-state index in [2.05, 4.69) is 21.2 Å². The Morgan fingerprint density at radius 2 is 2.24 bits per heavy atom. The van der Waals surface area contributed by atoms with Gasteiger partial charge in [0, 0.05) is 11.0 Å². The van der Waals surface area contributed by atoms with E-state index >= 15 is 0 Å². The van der Waals surface area contributed by atoms with Crippen molar-refractivity contribution in [2.45, 2.75) is 12.8 Å². The first-order valence-corrected chi connectivity index (χ1v) is 6.30. The fourth-order valence-corrected chi connectivity index (χ4v) is 1.76. The van der Waals surface area contributed by atoms with Crippen molar-refractivity contribution in [2.75, 3.05) is 20.2 Å². The SMILES string of the molecule is COc1cc(Br)ccc1C(=O)NCCCCN. The lowest BCUT2D eigenvalue weighted by Crippen LogP contribution is -2.25. The molecule has 1 aromatic carbocycles. The molecular formula is C12H17BrN2O2. The molecule has 17 heavy (non-hydrogen) atoms. The van der Waals surface area contributed by atoms with E-state index in [0.29, 0.717) is 24.4 Å². The van der Waals surface area contributed by atoms with Gasteiger partial charge in [0.15, 0.2) is 0 Å². The third kappa shape index (κ3) is 4.36. The minimum atomic E-state index is -0.119. The number of nitrogens with one attached hydrogen (secondary N) is 1. The average molecular weight is 301 g/mol. The monoisotopic (exact) mass is 300 g/mol. The molecule has 0 atom stereocenters. The summed E-state index contributed by atoms with van der Waals surface area (Å²) in [5.74, 6) is 0.446. The summed E-state index contributed by atoms with van der Waals surface area (Å²) in [7, 11) is 1.55. The largest absolute Gasteiger partial charge is 0.496 e. The van der Waals surface area contributed by atoms with Crippen LogP contribution in [-0.4, -0.2) is 26.1 Å². The standard InChI is InChI=1S/C12H17BrN2O2/c1-17-11-8-9(13)4-5-10(11)12(16)15-7-3-2-6-14/h4-5,8H,2-3,6-7,14H2,1H3,(H,15,16). The maximum atomic E-state index is 11.9. The van der Waals surface area contributed by atoms with Crippen molar-refractivity contribution >= 4 is 21.8 Å². The highest BCUT2D eigenvalue weighted by atomic mass is 79.9. The molecule has 0 aliphatic carbocycles. The summed E-state index contributed by atoms with van der Waals surface area (Å²) < 4.78 is 6.05. The van der Waals surface area contributed by atoms with Gasteiger partial charge in [-0.2, -0.15) is 0 Å². The van der Waals surface area contributed by atoms with Crippen LogP contribution >= 0.6 is 15.9 Å². The molecule has 0 aromatic heterocycles. The predicted molar refractivity (Wildman–Crippen MR) is 71.3 cm³/mol. The normalized spacial score (nSPS) is 10.1. The second-order valence-corrected chi connectivity index (χ2v) is 4.51. The number of hydrogen-bond acceptors (Lipinski definition) is 3. The van der Waals surface area contributed by atoms with Gasteiger partial charge in [-0.25, -0.2) is 0 Å². The Labute approximate surface area is 110 Å². The molecule has 0 unspecified atom stereocenters. The Hall–Kier alpha value is -1.07. The van der Waals surface area contributed by atoms with Gasteiger partial charge in [-0.15, -0.1) is 0 Å². The van der Waals surface area contributed by atoms with E-state index in [1.54, 1.807) is 19.2 Å². The zero-order valence-corrected chi connectivity index (χ0v) is 11.4. The number of ether oxygens (including phenoxy) is 1. The Kier molecular flexibility index (Phi) is 6.00. The molecular weight excluding hydrogens is 284 g/mol. The van der Waals surface area contributed by atoms with Crippen LogP contribution in [0.4, 0.5) is 0 Å². The molecule has 0 spiro atoms. The molecule has 0 aliphatic heterocycles. The van der Waals surface area contributed by atoms with Gasteiger partial charge in [0.2, 0.25) is 0 Å². The van der Waals surface area contributed by atoms with Crippen LogP contribution in [0.25, 0.3) is 0 Å². The van der Waals surface area contributed by atoms with Crippen LogP contribution in [0.3, 0.4) is 0 Å². The first-order valence-electron chi connectivity index (χ1n) is 5.51. The number of unbranched alkanes of at least 4 members (excludes halogenated alkanes) is 1. The van der Waals surface area contributed by atoms with Crippen LogP contribution < -0.4 is 15.8 Å². The van der Waals surface area contributed by atoms with Crippen molar-refractivity contribution in [3.05, 3.63) is 28.2 Å². The lowest BCUT2D eigenvalue weighted by molar-refractivity contribution is 0.0950. The Morgan fingerprint density at radius 1 is 1.47 bits per heavy atom. The van der Waals surface area contributed by atoms with Crippen LogP contribution in [0.5, 0.6) is 5.75 Å². The van der Waals surface area contributed by atoms with Crippen molar-refractivity contribution in [1.82, 2.24) is 5.32 Å². The summed E-state index contributed by atoms with van der Waals surface area (Å²) in [5.41, 5.74) is 5.93. The molecule has 3 N–H and O–H groups in total. The first-order chi connectivity index (χ1) is 8.19. The topological polar surface area (TPSA) is 64.3 Å². The van der Waals surface area contributed by atoms with Crippen LogP contribution in [0.1, 0.15) is 23.2 Å². The molecule has 4 nitrogen and oxygen atoms in total. The van der Waals surface area contributed by atoms with Crippen molar-refractivity contribution in [2.24, 2.45) is 5.73 Å². The molecule has 94 valence electrons. The second-order valence-electron chi connectivity index (χ2n) is 3.60. The summed E-state index contributed by atoms with van der Waals surface area (Å²) in [6, 6.07) is 5.33. The first kappa shape index (κ1) is 14.0. The fraction of sp³-hybridized carbons (Fsp3) is 0.417. The van der Waals surface area contributed by atoms with E-state index in [1.165, 1.54) is 0 Å². The van der Waals surface area contributed by atoms with E-state index in [1.807, 2.05) is 6.07 Å². The summed E-state index contributed by atoms with van der Waals surface area (Å²) in [6.45, 7) is 1.28. The average Bonchev–Trinajstić information content (AvgIpc) is 2.34. The summed E-state index contributed by atoms with van der Waals surface area (Å²) >= 11 is 3.33. The number of amides is 1. The van der Waals surface area contributed by atoms with E-state index in [-0.39, 0.29) is 5.91 Å². The van der Waals surface area contributed by atoms with Crippen molar-refractivity contribution < 1.29 is 9.53 Å². The smallest absolute Gasteiger partial charge is 0.255 e. The van der Waals surface area contributed by atoms with E-state index in [9.17, 15) is 4.79 Å². The van der Waals surface area contributed by atoms with Crippen LogP contribution in [0, 0.1) is 0 Å². The minimum absolute atomic E-state index is 0.119. The van der Waals surface area contributed by atoms with Gasteiger partial charge in [0.25, 0.3) is 5.91 Å². The number of carbonyl (C=O) groups excluding carboxylic acids is 1. The molecule has 0 aliphatic rings. The summed E-state index contributed by atoms with van der Waals surface area (Å²) in [4.78, 5) is 11.9. The Morgan fingerprint density at radius 3 is 2.88 bits per heavy atom. The Balaban J connectivity index is 2.62. The van der Waals surface area contributed by atoms with Crippen LogP contribution in [0.15, 0.2) is 22.7 Å². The summed E-state index contributed by atoms with van der Waals surface area (Å²) in [6.07, 6.45) is 1.80. The third-order valence-corrected chi connectivity index (χ3v) is 2.82. The summed E-state index contributed by atoms with van der Waals surface area (Å²) in [5, 5.41) is 2.84. The number of hydrogen-bond donors (Lipinski definition) is 2. The lowest BCUT2D eigenvalue weighted by atomic mass is 10.2. The molecule has 1 amide bonds. The molecule has 1 aromatic rings. The number of benzene rings is 1. The van der Waals surface area contributed by atoms with Crippen LogP contribution in [-0.2, 0) is 0 Å². The maximum Gasteiger partial charge on any atom is 0.255 e. The van der Waals surface area contributed by atoms with Gasteiger partial charge in [0.05, 0.1) is 12.7 Å². The Bertz CT molecular complexity index is 383. The number of halogens is 1. The molecule has 0 fully saturated rings. The molecule has 5 heteroatoms. The van der Waals surface area contributed by atoms with Crippen molar-refractivity contribution in [3.63, 3.8) is 0 Å². The van der Waals surface area contributed by atoms with Gasteiger partial charge in [-0.05, 0) is 37.6 Å². The number of carbonyl (C=O) groups is 1. The highest BCUT2D eigenvalue weighted by Crippen LogP contribution is 2.23. The van der Waals surface area contributed by atoms with E-state index in [4.69, 9.17) is 10.5 Å². The molecule has 0 heterocycles. The van der Waals surface area contributed by atoms with Crippen molar-refractivity contribution in [3.8, 4) is 5.75 Å². The zero-order valence-electron chi connectivity index (χ0n) is 9.83. The van der Waals surface area contributed by atoms with Crippen molar-refractivity contribution in [1.29, 1.82) is 0 Å².